The molecule has 2 heterocycles. The molecular weight excluding hydrogens is 288 g/mol. The number of aromatic nitrogens is 3. The van der Waals surface area contributed by atoms with Gasteiger partial charge in [-0.1, -0.05) is 6.92 Å². The van der Waals surface area contributed by atoms with Crippen molar-refractivity contribution in [3.05, 3.63) is 41.9 Å². The van der Waals surface area contributed by atoms with Gasteiger partial charge in [0.05, 0.1) is 17.9 Å². The predicted molar refractivity (Wildman–Crippen MR) is 80.2 cm³/mol. The second-order valence-corrected chi connectivity index (χ2v) is 6.49. The number of aryl methyl sites for hydroxylation is 2. The first-order chi connectivity index (χ1) is 9.97. The van der Waals surface area contributed by atoms with Crippen LogP contribution >= 0.6 is 0 Å². The number of nitrogens with zero attached hydrogens (tertiary/aromatic N) is 3. The maximum absolute atomic E-state index is 12.5. The van der Waals surface area contributed by atoms with Crippen molar-refractivity contribution < 1.29 is 8.42 Å². The van der Waals surface area contributed by atoms with Gasteiger partial charge in [0.2, 0.25) is 0 Å². The van der Waals surface area contributed by atoms with Crippen LogP contribution in [0.2, 0.25) is 0 Å². The number of hydrogen-bond acceptors (Lipinski definition) is 4. The third-order valence-electron chi connectivity index (χ3n) is 3.25. The van der Waals surface area contributed by atoms with Gasteiger partial charge >= 0.3 is 0 Å². The van der Waals surface area contributed by atoms with Crippen molar-refractivity contribution in [3.8, 4) is 0 Å². The Morgan fingerprint density at radius 2 is 2.05 bits per heavy atom. The number of rotatable bonds is 6. The maximum atomic E-state index is 12.5. The van der Waals surface area contributed by atoms with Crippen LogP contribution in [0.1, 0.15) is 37.6 Å². The average Bonchev–Trinajstić information content (AvgIpc) is 2.94. The Morgan fingerprint density at radius 3 is 2.67 bits per heavy atom. The van der Waals surface area contributed by atoms with E-state index in [-0.39, 0.29) is 11.1 Å². The highest BCUT2D eigenvalue weighted by molar-refractivity contribution is 7.89. The predicted octanol–water partition coefficient (Wildman–Crippen LogP) is 2.04. The average molecular weight is 308 g/mol. The normalized spacial score (nSPS) is 13.3. The summed E-state index contributed by atoms with van der Waals surface area (Å²) in [5, 5.41) is 4.18. The van der Waals surface area contributed by atoms with E-state index in [0.29, 0.717) is 13.0 Å². The minimum atomic E-state index is -3.62. The topological polar surface area (TPSA) is 76.9 Å². The van der Waals surface area contributed by atoms with E-state index in [9.17, 15) is 8.42 Å². The van der Waals surface area contributed by atoms with Gasteiger partial charge in [-0.2, -0.15) is 5.10 Å². The lowest BCUT2D eigenvalue weighted by Gasteiger charge is -2.17. The molecule has 21 heavy (non-hydrogen) atoms. The summed E-state index contributed by atoms with van der Waals surface area (Å²) >= 11 is 0. The monoisotopic (exact) mass is 308 g/mol. The van der Waals surface area contributed by atoms with E-state index in [1.807, 2.05) is 32.9 Å². The lowest BCUT2D eigenvalue weighted by Crippen LogP contribution is -2.30. The zero-order valence-corrected chi connectivity index (χ0v) is 13.3. The Hall–Kier alpha value is -1.73. The smallest absolute Gasteiger partial charge is 0.258 e. The molecule has 0 aromatic carbocycles. The fraction of sp³-hybridized carbons (Fsp3) is 0.429. The summed E-state index contributed by atoms with van der Waals surface area (Å²) < 4.78 is 29.2. The number of nitrogens with one attached hydrogen (secondary N) is 1. The lowest BCUT2D eigenvalue weighted by atomic mass is 10.1. The largest absolute Gasteiger partial charge is 0.260 e. The highest BCUT2D eigenvalue weighted by Gasteiger charge is 2.24. The SMILES string of the molecule is CCC(NS(=O)(=O)c1ccnn1CC)c1cc(C)ccn1. The van der Waals surface area contributed by atoms with E-state index < -0.39 is 10.0 Å². The number of pyridine rings is 1. The van der Waals surface area contributed by atoms with Crippen LogP contribution in [0.4, 0.5) is 0 Å². The molecule has 6 nitrogen and oxygen atoms in total. The van der Waals surface area contributed by atoms with Crippen molar-refractivity contribution >= 4 is 10.0 Å². The molecule has 2 aromatic heterocycles. The summed E-state index contributed by atoms with van der Waals surface area (Å²) in [7, 11) is -3.62. The summed E-state index contributed by atoms with van der Waals surface area (Å²) in [5.41, 5.74) is 1.78. The van der Waals surface area contributed by atoms with E-state index in [2.05, 4.69) is 14.8 Å². The van der Waals surface area contributed by atoms with Gasteiger partial charge in [0.1, 0.15) is 0 Å². The molecule has 0 aliphatic heterocycles. The molecule has 0 aliphatic rings. The summed E-state index contributed by atoms with van der Waals surface area (Å²) in [6, 6.07) is 4.93. The zero-order valence-electron chi connectivity index (χ0n) is 12.4. The summed E-state index contributed by atoms with van der Waals surface area (Å²) in [6.45, 7) is 6.24. The van der Waals surface area contributed by atoms with E-state index >= 15 is 0 Å². The van der Waals surface area contributed by atoms with Gasteiger partial charge in [-0.05, 0) is 44.0 Å². The fourth-order valence-corrected chi connectivity index (χ4v) is 3.61. The van der Waals surface area contributed by atoms with Crippen LogP contribution in [0.25, 0.3) is 0 Å². The molecule has 0 spiro atoms. The molecular formula is C14H20N4O2S. The van der Waals surface area contributed by atoms with Gasteiger partial charge in [-0.25, -0.2) is 13.1 Å². The van der Waals surface area contributed by atoms with Crippen LogP contribution < -0.4 is 4.72 Å². The Balaban J connectivity index is 2.30. The van der Waals surface area contributed by atoms with Crippen molar-refractivity contribution in [2.75, 3.05) is 0 Å². The van der Waals surface area contributed by atoms with E-state index in [1.54, 1.807) is 6.20 Å². The minimum absolute atomic E-state index is 0.177. The van der Waals surface area contributed by atoms with Crippen LogP contribution in [0, 0.1) is 6.92 Å². The second kappa shape index (κ2) is 6.36. The van der Waals surface area contributed by atoms with E-state index in [4.69, 9.17) is 0 Å². The van der Waals surface area contributed by atoms with Crippen molar-refractivity contribution in [3.63, 3.8) is 0 Å². The van der Waals surface area contributed by atoms with Crippen molar-refractivity contribution in [2.24, 2.45) is 0 Å². The van der Waals surface area contributed by atoms with Crippen LogP contribution in [-0.4, -0.2) is 23.2 Å². The van der Waals surface area contributed by atoms with Gasteiger partial charge < -0.3 is 0 Å². The van der Waals surface area contributed by atoms with Crippen molar-refractivity contribution in [1.82, 2.24) is 19.5 Å². The molecule has 114 valence electrons. The van der Waals surface area contributed by atoms with E-state index in [1.165, 1.54) is 16.9 Å². The Labute approximate surface area is 125 Å². The molecule has 2 aromatic rings. The molecule has 0 saturated carbocycles. The highest BCUT2D eigenvalue weighted by atomic mass is 32.2. The quantitative estimate of drug-likeness (QED) is 0.886. The molecule has 0 fully saturated rings. The minimum Gasteiger partial charge on any atom is -0.260 e. The first-order valence-corrected chi connectivity index (χ1v) is 8.43. The van der Waals surface area contributed by atoms with Gasteiger partial charge in [0, 0.05) is 12.7 Å². The molecule has 2 rings (SSSR count). The van der Waals surface area contributed by atoms with Crippen LogP contribution in [0.3, 0.4) is 0 Å². The first kappa shape index (κ1) is 15.7. The Kier molecular flexibility index (Phi) is 4.74. The Morgan fingerprint density at radius 1 is 1.29 bits per heavy atom. The molecule has 1 unspecified atom stereocenters. The lowest BCUT2D eigenvalue weighted by molar-refractivity contribution is 0.520. The van der Waals surface area contributed by atoms with Gasteiger partial charge in [0.15, 0.2) is 5.03 Å². The molecule has 7 heteroatoms. The highest BCUT2D eigenvalue weighted by Crippen LogP contribution is 2.19. The van der Waals surface area contributed by atoms with Gasteiger partial charge in [0.25, 0.3) is 10.0 Å². The van der Waals surface area contributed by atoms with Gasteiger partial charge in [-0.15, -0.1) is 0 Å². The molecule has 1 N–H and O–H groups in total. The summed E-state index contributed by atoms with van der Waals surface area (Å²) in [6.07, 6.45) is 3.80. The molecule has 0 saturated heterocycles. The summed E-state index contributed by atoms with van der Waals surface area (Å²) in [4.78, 5) is 4.27. The fourth-order valence-electron chi connectivity index (χ4n) is 2.14. The maximum Gasteiger partial charge on any atom is 0.258 e. The molecule has 0 radical (unpaired) electrons. The number of hydrogen-bond donors (Lipinski definition) is 1. The van der Waals surface area contributed by atoms with Crippen LogP contribution in [-0.2, 0) is 16.6 Å². The summed E-state index contributed by atoms with van der Waals surface area (Å²) in [5.74, 6) is 0. The third kappa shape index (κ3) is 3.48. The van der Waals surface area contributed by atoms with Crippen molar-refractivity contribution in [2.45, 2.75) is 44.8 Å². The van der Waals surface area contributed by atoms with Crippen molar-refractivity contribution in [1.29, 1.82) is 0 Å². The molecule has 0 amide bonds. The first-order valence-electron chi connectivity index (χ1n) is 6.94. The third-order valence-corrected chi connectivity index (χ3v) is 4.74. The number of sulfonamides is 1. The molecule has 1 atom stereocenters. The molecule has 0 bridgehead atoms. The van der Waals surface area contributed by atoms with Crippen LogP contribution in [0.15, 0.2) is 35.6 Å². The van der Waals surface area contributed by atoms with Gasteiger partial charge in [-0.3, -0.25) is 9.67 Å². The second-order valence-electron chi connectivity index (χ2n) is 4.83. The molecule has 0 aliphatic carbocycles. The Bertz CT molecular complexity index is 709. The zero-order chi connectivity index (χ0) is 15.5. The van der Waals surface area contributed by atoms with Crippen LogP contribution in [0.5, 0.6) is 0 Å². The van der Waals surface area contributed by atoms with E-state index in [0.717, 1.165) is 11.3 Å². The standard InChI is InChI=1S/C14H20N4O2S/c1-4-12(13-10-11(3)6-8-15-13)17-21(19,20)14-7-9-16-18(14)5-2/h6-10,12,17H,4-5H2,1-3H3.